The first-order valence-corrected chi connectivity index (χ1v) is 10.5. The molecule has 1 aliphatic heterocycles. The van der Waals surface area contributed by atoms with E-state index >= 15 is 0 Å². The second-order valence-electron chi connectivity index (χ2n) is 8.10. The second kappa shape index (κ2) is 8.35. The lowest BCUT2D eigenvalue weighted by atomic mass is 10.1. The summed E-state index contributed by atoms with van der Waals surface area (Å²) < 4.78 is 2.38. The van der Waals surface area contributed by atoms with Gasteiger partial charge in [-0.05, 0) is 37.1 Å². The van der Waals surface area contributed by atoms with E-state index in [1.54, 1.807) is 12.4 Å². The zero-order chi connectivity index (χ0) is 21.2. The average Bonchev–Trinajstić information content (AvgIpc) is 3.07. The zero-order valence-corrected chi connectivity index (χ0v) is 17.9. The molecule has 5 heterocycles. The topological polar surface area (TPSA) is 72.6 Å². The predicted octanol–water partition coefficient (Wildman–Crippen LogP) is 3.35. The number of aromatic nitrogens is 6. The molecule has 5 rings (SSSR count). The smallest absolute Gasteiger partial charge is 0.162 e. The summed E-state index contributed by atoms with van der Waals surface area (Å²) in [6.45, 7) is 8.04. The molecule has 0 radical (unpaired) electrons. The number of fused-ring (bicyclic) bond motifs is 1. The number of hydrogen-bond acceptors (Lipinski definition) is 6. The van der Waals surface area contributed by atoms with Crippen LogP contribution in [0.15, 0.2) is 55.5 Å². The molecule has 0 unspecified atom stereocenters. The Morgan fingerprint density at radius 3 is 2.68 bits per heavy atom. The molecule has 7 heteroatoms. The molecule has 0 fully saturated rings. The van der Waals surface area contributed by atoms with Crippen molar-refractivity contribution in [3.63, 3.8) is 0 Å². The van der Waals surface area contributed by atoms with Crippen LogP contribution in [0.4, 0.5) is 0 Å². The minimum atomic E-state index is 0.701. The third-order valence-electron chi connectivity index (χ3n) is 5.97. The van der Waals surface area contributed by atoms with Gasteiger partial charge >= 0.3 is 0 Å². The predicted molar refractivity (Wildman–Crippen MR) is 118 cm³/mol. The van der Waals surface area contributed by atoms with Crippen molar-refractivity contribution < 1.29 is 0 Å². The number of hydrogen-bond donors (Lipinski definition) is 0. The molecule has 156 valence electrons. The third-order valence-corrected chi connectivity index (χ3v) is 5.97. The van der Waals surface area contributed by atoms with Crippen molar-refractivity contribution in [2.24, 2.45) is 0 Å². The highest BCUT2D eigenvalue weighted by Gasteiger charge is 2.21. The Hall–Kier alpha value is -3.45. The van der Waals surface area contributed by atoms with E-state index in [9.17, 15) is 0 Å². The lowest BCUT2D eigenvalue weighted by molar-refractivity contribution is 0.242. The fraction of sp³-hybridized carbons (Fsp3) is 0.292. The van der Waals surface area contributed by atoms with Gasteiger partial charge in [0, 0.05) is 80.5 Å². The van der Waals surface area contributed by atoms with Crippen molar-refractivity contribution in [2.45, 2.75) is 39.9 Å². The quantitative estimate of drug-likeness (QED) is 0.501. The Labute approximate surface area is 181 Å². The van der Waals surface area contributed by atoms with E-state index < -0.39 is 0 Å². The lowest BCUT2D eigenvalue weighted by Crippen LogP contribution is -2.31. The summed E-state index contributed by atoms with van der Waals surface area (Å²) >= 11 is 0. The van der Waals surface area contributed by atoms with E-state index in [4.69, 9.17) is 4.98 Å². The van der Waals surface area contributed by atoms with Gasteiger partial charge in [0.1, 0.15) is 6.33 Å². The van der Waals surface area contributed by atoms with Crippen molar-refractivity contribution in [1.82, 2.24) is 34.4 Å². The van der Waals surface area contributed by atoms with Gasteiger partial charge < -0.3 is 4.57 Å². The molecule has 0 N–H and O–H groups in total. The van der Waals surface area contributed by atoms with Crippen LogP contribution in [0.3, 0.4) is 0 Å². The SMILES string of the molecule is Cc1cc(CN2CCc3nc(-c4cncnc4)ncc3C2)c(C)n1Cc1cccnc1. The molecule has 1 aliphatic rings. The van der Waals surface area contributed by atoms with E-state index in [1.807, 2.05) is 24.7 Å². The molecule has 0 saturated heterocycles. The molecule has 31 heavy (non-hydrogen) atoms. The number of nitrogens with zero attached hydrogens (tertiary/aromatic N) is 7. The molecule has 0 atom stereocenters. The molecule has 7 nitrogen and oxygen atoms in total. The molecule has 0 aromatic carbocycles. The minimum absolute atomic E-state index is 0.701. The van der Waals surface area contributed by atoms with Gasteiger partial charge in [-0.25, -0.2) is 19.9 Å². The maximum atomic E-state index is 4.78. The third kappa shape index (κ3) is 4.09. The summed E-state index contributed by atoms with van der Waals surface area (Å²) in [5.74, 6) is 0.701. The fourth-order valence-electron chi connectivity index (χ4n) is 4.25. The van der Waals surface area contributed by atoms with Crippen LogP contribution in [0.2, 0.25) is 0 Å². The van der Waals surface area contributed by atoms with Gasteiger partial charge in [-0.3, -0.25) is 9.88 Å². The normalized spacial score (nSPS) is 13.9. The van der Waals surface area contributed by atoms with Gasteiger partial charge in [0.05, 0.1) is 11.3 Å². The minimum Gasteiger partial charge on any atom is -0.344 e. The fourth-order valence-corrected chi connectivity index (χ4v) is 4.25. The Morgan fingerprint density at radius 1 is 1.00 bits per heavy atom. The summed E-state index contributed by atoms with van der Waals surface area (Å²) in [6.07, 6.45) is 11.7. The Bertz CT molecular complexity index is 1190. The first-order chi connectivity index (χ1) is 15.2. The van der Waals surface area contributed by atoms with Gasteiger partial charge in [0.15, 0.2) is 5.82 Å². The number of rotatable bonds is 5. The van der Waals surface area contributed by atoms with Crippen LogP contribution < -0.4 is 0 Å². The molecular formula is C24H25N7. The van der Waals surface area contributed by atoms with Crippen molar-refractivity contribution >= 4 is 0 Å². The van der Waals surface area contributed by atoms with Crippen molar-refractivity contribution in [1.29, 1.82) is 0 Å². The average molecular weight is 412 g/mol. The van der Waals surface area contributed by atoms with E-state index in [0.717, 1.165) is 43.9 Å². The zero-order valence-electron chi connectivity index (χ0n) is 17.9. The van der Waals surface area contributed by atoms with Gasteiger partial charge in [-0.15, -0.1) is 0 Å². The molecule has 0 spiro atoms. The standard InChI is InChI=1S/C24H25N7/c1-17-8-20(18(2)31(17)13-19-4-3-6-25-9-19)14-30-7-5-23-22(15-30)12-28-24(29-23)21-10-26-16-27-11-21/h3-4,6,8-12,16H,5,7,13-15H2,1-2H3. The Kier molecular flexibility index (Phi) is 5.26. The Morgan fingerprint density at radius 2 is 1.87 bits per heavy atom. The monoisotopic (exact) mass is 411 g/mol. The highest BCUT2D eigenvalue weighted by molar-refractivity contribution is 5.52. The molecule has 0 saturated carbocycles. The van der Waals surface area contributed by atoms with E-state index in [1.165, 1.54) is 34.4 Å². The highest BCUT2D eigenvalue weighted by atomic mass is 15.1. The van der Waals surface area contributed by atoms with Crippen LogP contribution in [0, 0.1) is 13.8 Å². The summed E-state index contributed by atoms with van der Waals surface area (Å²) in [5.41, 5.74) is 8.40. The van der Waals surface area contributed by atoms with Gasteiger partial charge in [0.2, 0.25) is 0 Å². The van der Waals surface area contributed by atoms with Crippen molar-refractivity contribution in [3.05, 3.63) is 89.3 Å². The van der Waals surface area contributed by atoms with Crippen LogP contribution in [-0.2, 0) is 26.1 Å². The summed E-state index contributed by atoms with van der Waals surface area (Å²) in [4.78, 5) is 24.2. The molecule has 4 aromatic rings. The lowest BCUT2D eigenvalue weighted by Gasteiger charge is -2.28. The van der Waals surface area contributed by atoms with Crippen LogP contribution >= 0.6 is 0 Å². The van der Waals surface area contributed by atoms with Crippen LogP contribution in [0.5, 0.6) is 0 Å². The first kappa shape index (κ1) is 19.5. The maximum absolute atomic E-state index is 4.78. The highest BCUT2D eigenvalue weighted by Crippen LogP contribution is 2.24. The van der Waals surface area contributed by atoms with E-state index in [2.05, 4.69) is 55.4 Å². The summed E-state index contributed by atoms with van der Waals surface area (Å²) in [5, 5.41) is 0. The van der Waals surface area contributed by atoms with Crippen LogP contribution in [0.25, 0.3) is 11.4 Å². The molecule has 0 bridgehead atoms. The number of aryl methyl sites for hydroxylation is 1. The first-order valence-electron chi connectivity index (χ1n) is 10.5. The number of pyridine rings is 1. The summed E-state index contributed by atoms with van der Waals surface area (Å²) in [6, 6.07) is 6.44. The molecule has 0 amide bonds. The van der Waals surface area contributed by atoms with Crippen molar-refractivity contribution in [3.8, 4) is 11.4 Å². The molecular weight excluding hydrogens is 386 g/mol. The second-order valence-corrected chi connectivity index (χ2v) is 8.10. The van der Waals surface area contributed by atoms with Crippen LogP contribution in [0.1, 0.15) is 33.8 Å². The van der Waals surface area contributed by atoms with Gasteiger partial charge in [-0.1, -0.05) is 6.07 Å². The van der Waals surface area contributed by atoms with Crippen molar-refractivity contribution in [2.75, 3.05) is 6.54 Å². The van der Waals surface area contributed by atoms with Gasteiger partial charge in [0.25, 0.3) is 0 Å². The van der Waals surface area contributed by atoms with E-state index in [-0.39, 0.29) is 0 Å². The summed E-state index contributed by atoms with van der Waals surface area (Å²) in [7, 11) is 0. The maximum Gasteiger partial charge on any atom is 0.162 e. The van der Waals surface area contributed by atoms with Crippen LogP contribution in [-0.4, -0.2) is 40.9 Å². The van der Waals surface area contributed by atoms with E-state index in [0.29, 0.717) is 5.82 Å². The molecule has 4 aromatic heterocycles. The van der Waals surface area contributed by atoms with Gasteiger partial charge in [-0.2, -0.15) is 0 Å². The Balaban J connectivity index is 1.31. The largest absolute Gasteiger partial charge is 0.344 e. The molecule has 0 aliphatic carbocycles.